The van der Waals surface area contributed by atoms with Crippen LogP contribution in [0.5, 0.6) is 0 Å². The van der Waals surface area contributed by atoms with Crippen molar-refractivity contribution < 1.29 is 21.8 Å². The van der Waals surface area contributed by atoms with Gasteiger partial charge in [-0.05, 0) is 47.0 Å². The Morgan fingerprint density at radius 1 is 1.10 bits per heavy atom. The molecule has 164 valence electrons. The van der Waals surface area contributed by atoms with Gasteiger partial charge in [-0.2, -0.15) is 8.42 Å². The van der Waals surface area contributed by atoms with Crippen LogP contribution in [-0.2, 0) is 14.3 Å². The Balaban J connectivity index is 1.81. The molecule has 0 saturated heterocycles. The minimum Gasteiger partial charge on any atom is -0.351 e. The van der Waals surface area contributed by atoms with Gasteiger partial charge in [-0.3, -0.25) is 8.98 Å². The number of benzene rings is 3. The zero-order valence-corrected chi connectivity index (χ0v) is 18.9. The summed E-state index contributed by atoms with van der Waals surface area (Å²) in [5, 5.41) is 4.79. The van der Waals surface area contributed by atoms with Crippen molar-refractivity contribution in [3.63, 3.8) is 0 Å². The van der Waals surface area contributed by atoms with E-state index in [1.54, 1.807) is 42.5 Å². The number of amides is 1. The minimum atomic E-state index is -3.60. The summed E-state index contributed by atoms with van der Waals surface area (Å²) in [5.41, 5.74) is 0.978. The fourth-order valence-corrected chi connectivity index (χ4v) is 3.97. The molecule has 3 aromatic carbocycles. The molecule has 0 aliphatic carbocycles. The molecule has 0 saturated carbocycles. The van der Waals surface area contributed by atoms with E-state index in [4.69, 9.17) is 27.4 Å². The van der Waals surface area contributed by atoms with Crippen LogP contribution in [-0.4, -0.2) is 33.7 Å². The van der Waals surface area contributed by atoms with E-state index in [0.717, 1.165) is 11.8 Å². The number of hydrogen-bond acceptors (Lipinski definition) is 4. The monoisotopic (exact) mass is 483 g/mol. The van der Waals surface area contributed by atoms with Crippen molar-refractivity contribution in [3.05, 3.63) is 81.6 Å². The molecular formula is C22H20Cl2FNO4S. The number of carbonyl (C=O) groups is 1. The van der Waals surface area contributed by atoms with Crippen molar-refractivity contribution in [2.45, 2.75) is 12.3 Å². The third-order valence-corrected chi connectivity index (χ3v) is 6.09. The number of rotatable bonds is 8. The molecule has 0 aliphatic rings. The standard InChI is InChI=1S/C22H20Cl2FNO4S/c1-31(28,29)30-9-8-16(14-6-7-20(23)21(24)11-14)13-26-22(27)19-12-17(25)10-15-4-2-3-5-18(15)19/h2-7,10-12,16H,8-9,13H2,1H3,(H,26,27). The number of hydrogen-bond donors (Lipinski definition) is 1. The lowest BCUT2D eigenvalue weighted by Crippen LogP contribution is -2.29. The Kier molecular flexibility index (Phi) is 7.54. The van der Waals surface area contributed by atoms with Crippen LogP contribution in [0.3, 0.4) is 0 Å². The lowest BCUT2D eigenvalue weighted by molar-refractivity contribution is 0.0951. The highest BCUT2D eigenvalue weighted by atomic mass is 35.5. The van der Waals surface area contributed by atoms with E-state index in [1.165, 1.54) is 12.1 Å². The maximum Gasteiger partial charge on any atom is 0.264 e. The number of nitrogens with one attached hydrogen (secondary N) is 1. The SMILES string of the molecule is CS(=O)(=O)OCCC(CNC(=O)c1cc(F)cc2ccccc12)c1ccc(Cl)c(Cl)c1. The summed E-state index contributed by atoms with van der Waals surface area (Å²) < 4.78 is 41.4. The molecule has 31 heavy (non-hydrogen) atoms. The van der Waals surface area contributed by atoms with Gasteiger partial charge in [-0.15, -0.1) is 0 Å². The summed E-state index contributed by atoms with van der Waals surface area (Å²) in [6.07, 6.45) is 1.27. The van der Waals surface area contributed by atoms with E-state index < -0.39 is 21.8 Å². The second-order valence-corrected chi connectivity index (χ2v) is 9.53. The van der Waals surface area contributed by atoms with Crippen LogP contribution in [0.2, 0.25) is 10.0 Å². The molecule has 9 heteroatoms. The molecule has 5 nitrogen and oxygen atoms in total. The van der Waals surface area contributed by atoms with E-state index in [0.29, 0.717) is 27.2 Å². The molecule has 0 spiro atoms. The molecule has 0 bridgehead atoms. The predicted octanol–water partition coefficient (Wildman–Crippen LogP) is 5.17. The van der Waals surface area contributed by atoms with Crippen LogP contribution in [0.1, 0.15) is 28.3 Å². The molecule has 3 aromatic rings. The first kappa shape index (κ1) is 23.5. The molecule has 1 unspecified atom stereocenters. The van der Waals surface area contributed by atoms with Crippen LogP contribution in [0.15, 0.2) is 54.6 Å². The van der Waals surface area contributed by atoms with Crippen molar-refractivity contribution in [3.8, 4) is 0 Å². The van der Waals surface area contributed by atoms with E-state index in [2.05, 4.69) is 5.32 Å². The van der Waals surface area contributed by atoms with Gasteiger partial charge in [-0.25, -0.2) is 4.39 Å². The van der Waals surface area contributed by atoms with Crippen molar-refractivity contribution in [1.82, 2.24) is 5.32 Å². The fourth-order valence-electron chi connectivity index (χ4n) is 3.27. The summed E-state index contributed by atoms with van der Waals surface area (Å²) in [4.78, 5) is 12.8. The Hall–Kier alpha value is -2.19. The van der Waals surface area contributed by atoms with Crippen molar-refractivity contribution in [2.75, 3.05) is 19.4 Å². The lowest BCUT2D eigenvalue weighted by atomic mass is 9.95. The summed E-state index contributed by atoms with van der Waals surface area (Å²) in [6, 6.07) is 14.6. The van der Waals surface area contributed by atoms with Crippen LogP contribution in [0.25, 0.3) is 10.8 Å². The van der Waals surface area contributed by atoms with Gasteiger partial charge in [-0.1, -0.05) is 53.5 Å². The summed E-state index contributed by atoms with van der Waals surface area (Å²) in [5.74, 6) is -1.25. The summed E-state index contributed by atoms with van der Waals surface area (Å²) in [7, 11) is -3.60. The van der Waals surface area contributed by atoms with Gasteiger partial charge in [0.2, 0.25) is 0 Å². The highest BCUT2D eigenvalue weighted by Gasteiger charge is 2.18. The first-order chi connectivity index (χ1) is 14.6. The van der Waals surface area contributed by atoms with Gasteiger partial charge in [0.1, 0.15) is 5.82 Å². The second kappa shape index (κ2) is 9.96. The fraction of sp³-hybridized carbons (Fsp3) is 0.227. The maximum absolute atomic E-state index is 14.0. The Labute approximate surface area is 190 Å². The van der Waals surface area contributed by atoms with Crippen LogP contribution < -0.4 is 5.32 Å². The zero-order chi connectivity index (χ0) is 22.6. The molecule has 1 amide bonds. The zero-order valence-electron chi connectivity index (χ0n) is 16.6. The van der Waals surface area contributed by atoms with E-state index >= 15 is 0 Å². The minimum absolute atomic E-state index is 0.0670. The normalized spacial score (nSPS) is 12.6. The number of carbonyl (C=O) groups excluding carboxylic acids is 1. The van der Waals surface area contributed by atoms with Gasteiger partial charge in [0.25, 0.3) is 16.0 Å². The van der Waals surface area contributed by atoms with E-state index in [9.17, 15) is 17.6 Å². The van der Waals surface area contributed by atoms with Crippen molar-refractivity contribution in [1.29, 1.82) is 0 Å². The highest BCUT2D eigenvalue weighted by Crippen LogP contribution is 2.28. The lowest BCUT2D eigenvalue weighted by Gasteiger charge is -2.19. The third kappa shape index (κ3) is 6.40. The molecule has 1 atom stereocenters. The van der Waals surface area contributed by atoms with Crippen LogP contribution in [0.4, 0.5) is 4.39 Å². The first-order valence-electron chi connectivity index (χ1n) is 9.40. The summed E-state index contributed by atoms with van der Waals surface area (Å²) in [6.45, 7) is 0.0945. The van der Waals surface area contributed by atoms with Gasteiger partial charge in [0, 0.05) is 12.5 Å². The first-order valence-corrected chi connectivity index (χ1v) is 12.0. The molecule has 0 fully saturated rings. The van der Waals surface area contributed by atoms with E-state index in [1.807, 2.05) is 0 Å². The molecule has 0 radical (unpaired) electrons. The Morgan fingerprint density at radius 3 is 2.55 bits per heavy atom. The smallest absolute Gasteiger partial charge is 0.264 e. The van der Waals surface area contributed by atoms with Crippen LogP contribution >= 0.6 is 23.2 Å². The summed E-state index contributed by atoms with van der Waals surface area (Å²) >= 11 is 12.1. The van der Waals surface area contributed by atoms with Gasteiger partial charge >= 0.3 is 0 Å². The molecule has 1 N–H and O–H groups in total. The number of fused-ring (bicyclic) bond motifs is 1. The molecule has 0 aromatic heterocycles. The van der Waals surface area contributed by atoms with Gasteiger partial charge < -0.3 is 5.32 Å². The molecule has 3 rings (SSSR count). The number of halogens is 3. The maximum atomic E-state index is 14.0. The average molecular weight is 484 g/mol. The van der Waals surface area contributed by atoms with Crippen molar-refractivity contribution in [2.24, 2.45) is 0 Å². The Bertz CT molecular complexity index is 1220. The predicted molar refractivity (Wildman–Crippen MR) is 121 cm³/mol. The third-order valence-electron chi connectivity index (χ3n) is 4.76. The van der Waals surface area contributed by atoms with Crippen molar-refractivity contribution >= 4 is 50.0 Å². The van der Waals surface area contributed by atoms with Crippen LogP contribution in [0, 0.1) is 5.82 Å². The largest absolute Gasteiger partial charge is 0.351 e. The Morgan fingerprint density at radius 2 is 1.84 bits per heavy atom. The molecule has 0 aliphatic heterocycles. The highest BCUT2D eigenvalue weighted by molar-refractivity contribution is 7.85. The molecule has 0 heterocycles. The molecular weight excluding hydrogens is 464 g/mol. The average Bonchev–Trinajstić information content (AvgIpc) is 2.71. The van der Waals surface area contributed by atoms with E-state index in [-0.39, 0.29) is 24.6 Å². The van der Waals surface area contributed by atoms with Gasteiger partial charge in [0.15, 0.2) is 0 Å². The van der Waals surface area contributed by atoms with Gasteiger partial charge in [0.05, 0.1) is 28.5 Å². The quantitative estimate of drug-likeness (QED) is 0.448. The topological polar surface area (TPSA) is 72.5 Å². The second-order valence-electron chi connectivity index (χ2n) is 7.07.